The Bertz CT molecular complexity index is 660. The quantitative estimate of drug-likeness (QED) is 0.815. The Hall–Kier alpha value is -1.88. The molecule has 5 heteroatoms. The lowest BCUT2D eigenvalue weighted by atomic mass is 9.74. The molecule has 1 aromatic carbocycles. The van der Waals surface area contributed by atoms with Crippen LogP contribution < -0.4 is 5.32 Å². The summed E-state index contributed by atoms with van der Waals surface area (Å²) < 4.78 is 5.19. The standard InChI is InChI=1S/C21H30N2O3/c1-16-6-3-4-7-17(16)14-19(24)22-15-21-10-5-8-18(21)23(12-13-26-2)20(25)9-11-21/h3-4,6-7,18H,5,8-15H2,1-2H3,(H,22,24)/t18-,21+/m1/s1. The molecular formula is C21H30N2O3. The van der Waals surface area contributed by atoms with Gasteiger partial charge in [-0.25, -0.2) is 0 Å². The van der Waals surface area contributed by atoms with Crippen molar-refractivity contribution in [3.8, 4) is 0 Å². The van der Waals surface area contributed by atoms with Gasteiger partial charge in [-0.15, -0.1) is 0 Å². The molecule has 2 aliphatic rings. The van der Waals surface area contributed by atoms with Crippen molar-refractivity contribution in [2.24, 2.45) is 5.41 Å². The molecule has 1 aliphatic carbocycles. The molecule has 142 valence electrons. The highest BCUT2D eigenvalue weighted by molar-refractivity contribution is 5.79. The first kappa shape index (κ1) is 18.9. The molecule has 0 radical (unpaired) electrons. The van der Waals surface area contributed by atoms with Crippen molar-refractivity contribution in [1.29, 1.82) is 0 Å². The number of methoxy groups -OCH3 is 1. The molecule has 0 aromatic heterocycles. The molecule has 1 aromatic rings. The number of ether oxygens (including phenoxy) is 1. The minimum atomic E-state index is 0.0308. The van der Waals surface area contributed by atoms with Gasteiger partial charge in [0.05, 0.1) is 13.0 Å². The van der Waals surface area contributed by atoms with Crippen molar-refractivity contribution in [2.75, 3.05) is 26.8 Å². The fourth-order valence-electron chi connectivity index (χ4n) is 4.65. The molecule has 26 heavy (non-hydrogen) atoms. The second-order valence-electron chi connectivity index (χ2n) is 7.73. The molecule has 2 fully saturated rings. The van der Waals surface area contributed by atoms with Crippen molar-refractivity contribution < 1.29 is 14.3 Å². The van der Waals surface area contributed by atoms with E-state index in [1.807, 2.05) is 36.1 Å². The summed E-state index contributed by atoms with van der Waals surface area (Å²) in [6.07, 6.45) is 5.11. The first-order valence-electron chi connectivity index (χ1n) is 9.65. The highest BCUT2D eigenvalue weighted by Gasteiger charge is 2.50. The number of carbonyl (C=O) groups is 2. The van der Waals surface area contributed by atoms with Crippen LogP contribution in [0.2, 0.25) is 0 Å². The molecule has 0 spiro atoms. The summed E-state index contributed by atoms with van der Waals surface area (Å²) in [6.45, 7) is 3.92. The Kier molecular flexibility index (Phi) is 5.97. The smallest absolute Gasteiger partial charge is 0.224 e. The van der Waals surface area contributed by atoms with E-state index in [1.54, 1.807) is 7.11 Å². The monoisotopic (exact) mass is 358 g/mol. The van der Waals surface area contributed by atoms with E-state index < -0.39 is 0 Å². The Balaban J connectivity index is 1.63. The number of piperidine rings is 1. The second kappa shape index (κ2) is 8.21. The lowest BCUT2D eigenvalue weighted by molar-refractivity contribution is -0.142. The summed E-state index contributed by atoms with van der Waals surface area (Å²) >= 11 is 0. The number of carbonyl (C=O) groups excluding carboxylic acids is 2. The fourth-order valence-corrected chi connectivity index (χ4v) is 4.65. The van der Waals surface area contributed by atoms with Crippen LogP contribution in [0.15, 0.2) is 24.3 Å². The zero-order chi connectivity index (χ0) is 18.6. The van der Waals surface area contributed by atoms with Crippen LogP contribution in [-0.2, 0) is 20.7 Å². The number of rotatable bonds is 7. The van der Waals surface area contributed by atoms with E-state index >= 15 is 0 Å². The maximum atomic E-state index is 12.5. The van der Waals surface area contributed by atoms with E-state index in [1.165, 1.54) is 0 Å². The summed E-state index contributed by atoms with van der Waals surface area (Å²) in [5, 5.41) is 3.17. The van der Waals surface area contributed by atoms with Crippen LogP contribution in [0, 0.1) is 12.3 Å². The molecule has 5 nitrogen and oxygen atoms in total. The van der Waals surface area contributed by atoms with Gasteiger partial charge >= 0.3 is 0 Å². The molecule has 2 atom stereocenters. The molecule has 1 saturated heterocycles. The van der Waals surface area contributed by atoms with Gasteiger partial charge in [0.1, 0.15) is 0 Å². The van der Waals surface area contributed by atoms with E-state index in [4.69, 9.17) is 4.74 Å². The van der Waals surface area contributed by atoms with Gasteiger partial charge in [-0.1, -0.05) is 30.7 Å². The first-order valence-corrected chi connectivity index (χ1v) is 9.65. The van der Waals surface area contributed by atoms with Gasteiger partial charge in [0.15, 0.2) is 0 Å². The van der Waals surface area contributed by atoms with Crippen LogP contribution in [0.3, 0.4) is 0 Å². The van der Waals surface area contributed by atoms with Crippen LogP contribution in [0.4, 0.5) is 0 Å². The normalized spacial score (nSPS) is 25.2. The largest absolute Gasteiger partial charge is 0.383 e. The van der Waals surface area contributed by atoms with Crippen LogP contribution >= 0.6 is 0 Å². The van der Waals surface area contributed by atoms with Gasteiger partial charge in [0, 0.05) is 38.1 Å². The van der Waals surface area contributed by atoms with E-state index in [0.717, 1.165) is 36.8 Å². The molecule has 3 rings (SSSR count). The number of benzene rings is 1. The minimum Gasteiger partial charge on any atom is -0.383 e. The summed E-state index contributed by atoms with van der Waals surface area (Å²) in [7, 11) is 1.67. The number of nitrogens with one attached hydrogen (secondary N) is 1. The molecule has 1 aliphatic heterocycles. The molecule has 0 unspecified atom stereocenters. The van der Waals surface area contributed by atoms with E-state index in [9.17, 15) is 9.59 Å². The number of fused-ring (bicyclic) bond motifs is 1. The molecule has 1 saturated carbocycles. The van der Waals surface area contributed by atoms with Crippen molar-refractivity contribution in [2.45, 2.75) is 51.5 Å². The first-order chi connectivity index (χ1) is 12.6. The van der Waals surface area contributed by atoms with Crippen molar-refractivity contribution in [1.82, 2.24) is 10.2 Å². The van der Waals surface area contributed by atoms with Crippen LogP contribution in [0.1, 0.15) is 43.2 Å². The number of hydrogen-bond donors (Lipinski definition) is 1. The Morgan fingerprint density at radius 1 is 1.35 bits per heavy atom. The lowest BCUT2D eigenvalue weighted by Gasteiger charge is -2.46. The van der Waals surface area contributed by atoms with E-state index in [-0.39, 0.29) is 23.3 Å². The van der Waals surface area contributed by atoms with E-state index in [2.05, 4.69) is 5.32 Å². The van der Waals surface area contributed by atoms with Crippen molar-refractivity contribution in [3.63, 3.8) is 0 Å². The molecule has 1 N–H and O–H groups in total. The molecular weight excluding hydrogens is 328 g/mol. The Morgan fingerprint density at radius 2 is 2.15 bits per heavy atom. The minimum absolute atomic E-state index is 0.0308. The van der Waals surface area contributed by atoms with Crippen LogP contribution in [0.5, 0.6) is 0 Å². The van der Waals surface area contributed by atoms with Crippen molar-refractivity contribution >= 4 is 11.8 Å². The molecule has 1 heterocycles. The lowest BCUT2D eigenvalue weighted by Crippen LogP contribution is -2.56. The SMILES string of the molecule is COCCN1C(=O)CC[C@]2(CNC(=O)Cc3ccccc3C)CCC[C@@H]12. The third-order valence-corrected chi connectivity index (χ3v) is 6.18. The predicted molar refractivity (Wildman–Crippen MR) is 101 cm³/mol. The summed E-state index contributed by atoms with van der Waals surface area (Å²) in [5.41, 5.74) is 2.25. The Morgan fingerprint density at radius 3 is 2.92 bits per heavy atom. The number of hydrogen-bond acceptors (Lipinski definition) is 3. The average Bonchev–Trinajstić information content (AvgIpc) is 3.06. The number of nitrogens with zero attached hydrogens (tertiary/aromatic N) is 1. The maximum Gasteiger partial charge on any atom is 0.224 e. The van der Waals surface area contributed by atoms with Crippen molar-refractivity contribution in [3.05, 3.63) is 35.4 Å². The van der Waals surface area contributed by atoms with Gasteiger partial charge in [-0.3, -0.25) is 9.59 Å². The highest BCUT2D eigenvalue weighted by atomic mass is 16.5. The summed E-state index contributed by atoms with van der Waals surface area (Å²) in [4.78, 5) is 26.9. The third-order valence-electron chi connectivity index (χ3n) is 6.18. The third kappa shape index (κ3) is 3.93. The zero-order valence-corrected chi connectivity index (χ0v) is 15.9. The summed E-state index contributed by atoms with van der Waals surface area (Å²) in [5.74, 6) is 0.301. The fraction of sp³-hybridized carbons (Fsp3) is 0.619. The number of likely N-dealkylation sites (tertiary alicyclic amines) is 1. The van der Waals surface area contributed by atoms with Gasteiger partial charge in [-0.05, 0) is 37.3 Å². The number of amides is 2. The van der Waals surface area contributed by atoms with Gasteiger partial charge < -0.3 is 15.0 Å². The van der Waals surface area contributed by atoms with Crippen LogP contribution in [-0.4, -0.2) is 49.6 Å². The second-order valence-corrected chi connectivity index (χ2v) is 7.73. The predicted octanol–water partition coefficient (Wildman–Crippen LogP) is 2.46. The molecule has 2 amide bonds. The topological polar surface area (TPSA) is 58.6 Å². The maximum absolute atomic E-state index is 12.5. The zero-order valence-electron chi connectivity index (χ0n) is 15.9. The molecule has 0 bridgehead atoms. The van der Waals surface area contributed by atoms with Gasteiger partial charge in [0.2, 0.25) is 11.8 Å². The Labute approximate surface area is 156 Å². The van der Waals surface area contributed by atoms with Gasteiger partial charge in [0.25, 0.3) is 0 Å². The van der Waals surface area contributed by atoms with Gasteiger partial charge in [-0.2, -0.15) is 0 Å². The number of aryl methyl sites for hydroxylation is 1. The highest BCUT2D eigenvalue weighted by Crippen LogP contribution is 2.47. The van der Waals surface area contributed by atoms with E-state index in [0.29, 0.717) is 32.5 Å². The summed E-state index contributed by atoms with van der Waals surface area (Å²) in [6, 6.07) is 8.25. The van der Waals surface area contributed by atoms with Crippen LogP contribution in [0.25, 0.3) is 0 Å². The average molecular weight is 358 g/mol.